The molecule has 0 bridgehead atoms. The van der Waals surface area contributed by atoms with E-state index in [1.54, 1.807) is 43.3 Å². The monoisotopic (exact) mass is 397 g/mol. The van der Waals surface area contributed by atoms with Gasteiger partial charge in [-0.15, -0.1) is 0 Å². The molecule has 0 saturated carbocycles. The Bertz CT molecular complexity index is 1280. The summed E-state index contributed by atoms with van der Waals surface area (Å²) in [6.07, 6.45) is 1.65. The van der Waals surface area contributed by atoms with E-state index in [-0.39, 0.29) is 5.91 Å². The average molecular weight is 397 g/mol. The number of nitrogens with one attached hydrogen (secondary N) is 1. The van der Waals surface area contributed by atoms with E-state index in [1.165, 1.54) is 5.01 Å². The second-order valence-corrected chi connectivity index (χ2v) is 6.94. The van der Waals surface area contributed by atoms with Crippen LogP contribution in [0.15, 0.2) is 75.8 Å². The van der Waals surface area contributed by atoms with Gasteiger partial charge in [-0.25, -0.2) is 0 Å². The molecule has 2 aliphatic heterocycles. The highest BCUT2D eigenvalue weighted by atomic mass is 16.3. The average Bonchev–Trinajstić information content (AvgIpc) is 3.42. The highest BCUT2D eigenvalue weighted by Crippen LogP contribution is 2.29. The van der Waals surface area contributed by atoms with E-state index in [2.05, 4.69) is 10.4 Å². The van der Waals surface area contributed by atoms with Crippen LogP contribution < -0.4 is 10.3 Å². The molecule has 7 heteroatoms. The number of para-hydroxylation sites is 1. The molecule has 2 aromatic carbocycles. The standard InChI is InChI=1S/C23H15N3O4/c1-13-18(23(29)26(25-13)15-5-3-2-4-6-15)12-16-8-10-20(30-16)14-7-9-17-19(11-14)22(28)24-21(17)27/h2-12H,1H3,(H,24,27,28). The lowest BCUT2D eigenvalue weighted by Gasteiger charge is -2.10. The molecule has 1 N–H and O–H groups in total. The Balaban J connectivity index is 1.44. The first-order valence-corrected chi connectivity index (χ1v) is 9.28. The molecule has 0 unspecified atom stereocenters. The zero-order chi connectivity index (χ0) is 20.8. The van der Waals surface area contributed by atoms with Crippen molar-refractivity contribution in [1.82, 2.24) is 5.32 Å². The van der Waals surface area contributed by atoms with E-state index in [0.717, 1.165) is 0 Å². The van der Waals surface area contributed by atoms with Crippen molar-refractivity contribution >= 4 is 35.2 Å². The molecule has 5 rings (SSSR count). The molecule has 3 amide bonds. The minimum Gasteiger partial charge on any atom is -0.457 e. The van der Waals surface area contributed by atoms with Gasteiger partial charge in [-0.2, -0.15) is 10.1 Å². The number of hydrazone groups is 1. The number of benzene rings is 2. The second-order valence-electron chi connectivity index (χ2n) is 6.94. The Morgan fingerprint density at radius 2 is 1.70 bits per heavy atom. The summed E-state index contributed by atoms with van der Waals surface area (Å²) < 4.78 is 5.87. The van der Waals surface area contributed by atoms with Crippen LogP contribution in [0.4, 0.5) is 5.69 Å². The minimum atomic E-state index is -0.421. The lowest BCUT2D eigenvalue weighted by molar-refractivity contribution is -0.114. The number of amides is 3. The van der Waals surface area contributed by atoms with Gasteiger partial charge in [0.05, 0.1) is 28.1 Å². The predicted octanol–water partition coefficient (Wildman–Crippen LogP) is 3.64. The number of fused-ring (bicyclic) bond motifs is 1. The summed E-state index contributed by atoms with van der Waals surface area (Å²) in [5, 5.41) is 7.98. The molecule has 1 aromatic heterocycles. The van der Waals surface area contributed by atoms with Crippen LogP contribution in [0.2, 0.25) is 0 Å². The summed E-state index contributed by atoms with van der Waals surface area (Å²) in [6.45, 7) is 1.77. The maximum absolute atomic E-state index is 12.8. The van der Waals surface area contributed by atoms with Crippen LogP contribution in [0, 0.1) is 0 Å². The summed E-state index contributed by atoms with van der Waals surface area (Å²) in [5.41, 5.74) is 3.06. The van der Waals surface area contributed by atoms with Crippen molar-refractivity contribution < 1.29 is 18.8 Å². The van der Waals surface area contributed by atoms with Crippen LogP contribution >= 0.6 is 0 Å². The molecule has 2 aliphatic rings. The van der Waals surface area contributed by atoms with Gasteiger partial charge in [0.25, 0.3) is 17.7 Å². The SMILES string of the molecule is CC1=NN(c2ccccc2)C(=O)C1=Cc1ccc(-c2ccc3c(c2)C(=O)NC3=O)o1. The molecular weight excluding hydrogens is 382 g/mol. The highest BCUT2D eigenvalue weighted by Gasteiger charge is 2.29. The van der Waals surface area contributed by atoms with Gasteiger partial charge in [-0.3, -0.25) is 19.7 Å². The van der Waals surface area contributed by atoms with Crippen LogP contribution in [-0.2, 0) is 4.79 Å². The van der Waals surface area contributed by atoms with Crippen LogP contribution in [0.3, 0.4) is 0 Å². The van der Waals surface area contributed by atoms with Crippen molar-refractivity contribution in [2.75, 3.05) is 5.01 Å². The smallest absolute Gasteiger partial charge is 0.280 e. The number of imide groups is 1. The van der Waals surface area contributed by atoms with Crippen molar-refractivity contribution in [2.24, 2.45) is 5.10 Å². The number of anilines is 1. The fourth-order valence-corrected chi connectivity index (χ4v) is 3.48. The Labute approximate surface area is 171 Å². The number of carbonyl (C=O) groups is 3. The third-order valence-electron chi connectivity index (χ3n) is 5.00. The largest absolute Gasteiger partial charge is 0.457 e. The fourth-order valence-electron chi connectivity index (χ4n) is 3.48. The Morgan fingerprint density at radius 3 is 2.50 bits per heavy atom. The molecule has 0 radical (unpaired) electrons. The third-order valence-corrected chi connectivity index (χ3v) is 5.00. The number of hydrogen-bond acceptors (Lipinski definition) is 5. The highest BCUT2D eigenvalue weighted by molar-refractivity contribution is 6.32. The molecule has 30 heavy (non-hydrogen) atoms. The second kappa shape index (κ2) is 6.66. The van der Waals surface area contributed by atoms with E-state index in [4.69, 9.17) is 4.42 Å². The third kappa shape index (κ3) is 2.84. The molecule has 0 saturated heterocycles. The van der Waals surface area contributed by atoms with E-state index < -0.39 is 11.8 Å². The zero-order valence-corrected chi connectivity index (χ0v) is 15.9. The van der Waals surface area contributed by atoms with Gasteiger partial charge in [0, 0.05) is 5.56 Å². The Morgan fingerprint density at radius 1 is 0.933 bits per heavy atom. The lowest BCUT2D eigenvalue weighted by Crippen LogP contribution is -2.21. The molecule has 0 spiro atoms. The van der Waals surface area contributed by atoms with Gasteiger partial charge >= 0.3 is 0 Å². The zero-order valence-electron chi connectivity index (χ0n) is 15.9. The molecule has 146 valence electrons. The quantitative estimate of drug-likeness (QED) is 0.540. The summed E-state index contributed by atoms with van der Waals surface area (Å²) in [6, 6.07) is 17.6. The Hall–Kier alpha value is -4.26. The maximum Gasteiger partial charge on any atom is 0.280 e. The van der Waals surface area contributed by atoms with Gasteiger partial charge in [0.15, 0.2) is 0 Å². The molecular formula is C23H15N3O4. The van der Waals surface area contributed by atoms with Crippen molar-refractivity contribution in [1.29, 1.82) is 0 Å². The number of furan rings is 1. The molecule has 0 fully saturated rings. The summed E-state index contributed by atoms with van der Waals surface area (Å²) >= 11 is 0. The van der Waals surface area contributed by atoms with Crippen LogP contribution in [0.25, 0.3) is 17.4 Å². The predicted molar refractivity (Wildman–Crippen MR) is 111 cm³/mol. The van der Waals surface area contributed by atoms with Crippen molar-refractivity contribution in [3.63, 3.8) is 0 Å². The first kappa shape index (κ1) is 17.8. The van der Waals surface area contributed by atoms with Crippen molar-refractivity contribution in [3.8, 4) is 11.3 Å². The van der Waals surface area contributed by atoms with Crippen LogP contribution in [-0.4, -0.2) is 23.4 Å². The van der Waals surface area contributed by atoms with Gasteiger partial charge in [-0.05, 0) is 49.4 Å². The lowest BCUT2D eigenvalue weighted by atomic mass is 10.0. The van der Waals surface area contributed by atoms with Gasteiger partial charge in [-0.1, -0.05) is 24.3 Å². The van der Waals surface area contributed by atoms with Crippen LogP contribution in [0.5, 0.6) is 0 Å². The first-order valence-electron chi connectivity index (χ1n) is 9.28. The number of nitrogens with zero attached hydrogens (tertiary/aromatic N) is 2. The first-order chi connectivity index (χ1) is 14.5. The van der Waals surface area contributed by atoms with E-state index in [0.29, 0.717) is 45.2 Å². The van der Waals surface area contributed by atoms with Crippen molar-refractivity contribution in [3.05, 3.63) is 83.1 Å². The molecule has 3 heterocycles. The summed E-state index contributed by atoms with van der Waals surface area (Å²) in [5.74, 6) is -0.0426. The molecule has 7 nitrogen and oxygen atoms in total. The van der Waals surface area contributed by atoms with E-state index in [1.807, 2.05) is 30.3 Å². The molecule has 3 aromatic rings. The summed E-state index contributed by atoms with van der Waals surface area (Å²) in [4.78, 5) is 36.4. The maximum atomic E-state index is 12.8. The number of hydrogen-bond donors (Lipinski definition) is 1. The van der Waals surface area contributed by atoms with Gasteiger partial charge in [0.1, 0.15) is 11.5 Å². The Kier molecular flexibility index (Phi) is 3.96. The van der Waals surface area contributed by atoms with Gasteiger partial charge < -0.3 is 4.42 Å². The van der Waals surface area contributed by atoms with Crippen LogP contribution in [0.1, 0.15) is 33.4 Å². The van der Waals surface area contributed by atoms with Gasteiger partial charge in [0.2, 0.25) is 0 Å². The number of carbonyl (C=O) groups excluding carboxylic acids is 3. The van der Waals surface area contributed by atoms with Crippen molar-refractivity contribution in [2.45, 2.75) is 6.92 Å². The molecule has 0 aliphatic carbocycles. The summed E-state index contributed by atoms with van der Waals surface area (Å²) in [7, 11) is 0. The minimum absolute atomic E-state index is 0.232. The normalized spacial score (nSPS) is 16.8. The molecule has 0 atom stereocenters. The van der Waals surface area contributed by atoms with E-state index >= 15 is 0 Å². The fraction of sp³-hybridized carbons (Fsp3) is 0.0435. The van der Waals surface area contributed by atoms with E-state index in [9.17, 15) is 14.4 Å². The number of rotatable bonds is 3. The topological polar surface area (TPSA) is 92.0 Å².